The molecule has 0 atom stereocenters. The average Bonchev–Trinajstić information content (AvgIpc) is 2.40. The highest BCUT2D eigenvalue weighted by atomic mass is 15.2. The Balaban J connectivity index is 2.75. The summed E-state index contributed by atoms with van der Waals surface area (Å²) in [6.45, 7) is 15.2. The molecule has 0 aliphatic carbocycles. The van der Waals surface area contributed by atoms with Gasteiger partial charge >= 0.3 is 0 Å². The molecule has 3 nitrogen and oxygen atoms in total. The summed E-state index contributed by atoms with van der Waals surface area (Å²) in [6, 6.07) is 6.84. The Bertz CT molecular complexity index is 407. The Morgan fingerprint density at radius 2 is 1.90 bits per heavy atom. The summed E-state index contributed by atoms with van der Waals surface area (Å²) < 4.78 is 0. The summed E-state index contributed by atoms with van der Waals surface area (Å²) in [5.41, 5.74) is 1.24. The minimum absolute atomic E-state index is 0.122. The number of rotatable bonds is 8. The van der Waals surface area contributed by atoms with E-state index in [0.29, 0.717) is 6.04 Å². The molecular formula is C18H33N3. The molecule has 1 N–H and O–H groups in total. The van der Waals surface area contributed by atoms with Crippen LogP contribution in [-0.2, 0) is 6.54 Å². The molecule has 120 valence electrons. The van der Waals surface area contributed by atoms with Crippen molar-refractivity contribution >= 4 is 5.82 Å². The Morgan fingerprint density at radius 1 is 1.19 bits per heavy atom. The van der Waals surface area contributed by atoms with E-state index in [-0.39, 0.29) is 5.54 Å². The first kappa shape index (κ1) is 18.0. The van der Waals surface area contributed by atoms with Gasteiger partial charge in [0.2, 0.25) is 0 Å². The van der Waals surface area contributed by atoms with E-state index in [2.05, 4.69) is 70.0 Å². The molecule has 0 radical (unpaired) electrons. The average molecular weight is 291 g/mol. The molecular weight excluding hydrogens is 258 g/mol. The van der Waals surface area contributed by atoms with Gasteiger partial charge in [-0.1, -0.05) is 25.8 Å². The van der Waals surface area contributed by atoms with Crippen LogP contribution >= 0.6 is 0 Å². The Morgan fingerprint density at radius 3 is 2.48 bits per heavy atom. The molecule has 0 saturated heterocycles. The van der Waals surface area contributed by atoms with Gasteiger partial charge in [-0.25, -0.2) is 4.98 Å². The van der Waals surface area contributed by atoms with E-state index in [9.17, 15) is 0 Å². The first-order valence-corrected chi connectivity index (χ1v) is 8.31. The fraction of sp³-hybridized carbons (Fsp3) is 0.722. The van der Waals surface area contributed by atoms with Crippen molar-refractivity contribution in [3.8, 4) is 0 Å². The maximum Gasteiger partial charge on any atom is 0.129 e. The lowest BCUT2D eigenvalue weighted by molar-refractivity contribution is 0.421. The molecule has 0 bridgehead atoms. The number of hydrogen-bond acceptors (Lipinski definition) is 3. The Labute approximate surface area is 131 Å². The molecule has 0 amide bonds. The largest absolute Gasteiger partial charge is 0.354 e. The smallest absolute Gasteiger partial charge is 0.129 e. The van der Waals surface area contributed by atoms with E-state index < -0.39 is 0 Å². The zero-order valence-corrected chi connectivity index (χ0v) is 14.7. The predicted molar refractivity (Wildman–Crippen MR) is 92.8 cm³/mol. The third kappa shape index (κ3) is 6.94. The van der Waals surface area contributed by atoms with Crippen molar-refractivity contribution in [2.24, 2.45) is 0 Å². The quantitative estimate of drug-likeness (QED) is 0.721. The molecule has 1 aromatic heterocycles. The van der Waals surface area contributed by atoms with Crippen LogP contribution in [0.2, 0.25) is 0 Å². The molecule has 3 heteroatoms. The van der Waals surface area contributed by atoms with Crippen molar-refractivity contribution in [1.82, 2.24) is 10.3 Å². The molecule has 0 saturated carbocycles. The summed E-state index contributed by atoms with van der Waals surface area (Å²) in [6.07, 6.45) is 3.78. The molecule has 0 aromatic carbocycles. The third-order valence-electron chi connectivity index (χ3n) is 3.51. The maximum absolute atomic E-state index is 4.84. The summed E-state index contributed by atoms with van der Waals surface area (Å²) in [4.78, 5) is 7.25. The van der Waals surface area contributed by atoms with Crippen molar-refractivity contribution in [3.05, 3.63) is 23.9 Å². The molecule has 0 fully saturated rings. The van der Waals surface area contributed by atoms with Gasteiger partial charge in [0.25, 0.3) is 0 Å². The van der Waals surface area contributed by atoms with Crippen LogP contribution < -0.4 is 10.2 Å². The van der Waals surface area contributed by atoms with Crippen LogP contribution in [0, 0.1) is 0 Å². The van der Waals surface area contributed by atoms with Crippen LogP contribution in [0.4, 0.5) is 5.82 Å². The highest BCUT2D eigenvalue weighted by Gasteiger charge is 2.13. The SMILES string of the molecule is CCCCCN(c1cccc(CNC(C)(C)C)n1)C(C)C. The fourth-order valence-electron chi connectivity index (χ4n) is 2.25. The van der Waals surface area contributed by atoms with Gasteiger partial charge in [0.15, 0.2) is 0 Å². The van der Waals surface area contributed by atoms with Crippen LogP contribution in [0.15, 0.2) is 18.2 Å². The molecule has 0 aliphatic heterocycles. The summed E-state index contributed by atoms with van der Waals surface area (Å²) in [7, 11) is 0. The van der Waals surface area contributed by atoms with Crippen LogP contribution in [0.5, 0.6) is 0 Å². The zero-order chi connectivity index (χ0) is 15.9. The lowest BCUT2D eigenvalue weighted by atomic mass is 10.1. The van der Waals surface area contributed by atoms with E-state index in [1.54, 1.807) is 0 Å². The highest BCUT2D eigenvalue weighted by Crippen LogP contribution is 2.16. The lowest BCUT2D eigenvalue weighted by Gasteiger charge is -2.28. The van der Waals surface area contributed by atoms with Gasteiger partial charge in [-0.2, -0.15) is 0 Å². The van der Waals surface area contributed by atoms with Crippen molar-refractivity contribution in [1.29, 1.82) is 0 Å². The number of nitrogens with zero attached hydrogens (tertiary/aromatic N) is 2. The Kier molecular flexibility index (Phi) is 7.16. The van der Waals surface area contributed by atoms with E-state index in [1.807, 2.05) is 0 Å². The maximum atomic E-state index is 4.84. The second-order valence-electron chi connectivity index (χ2n) is 7.08. The normalized spacial score (nSPS) is 12.0. The predicted octanol–water partition coefficient (Wildman–Crippen LogP) is 4.37. The van der Waals surface area contributed by atoms with Gasteiger partial charge in [-0.05, 0) is 53.2 Å². The summed E-state index contributed by atoms with van der Waals surface area (Å²) >= 11 is 0. The van der Waals surface area contributed by atoms with Crippen molar-refractivity contribution in [2.75, 3.05) is 11.4 Å². The highest BCUT2D eigenvalue weighted by molar-refractivity contribution is 5.40. The van der Waals surface area contributed by atoms with Crippen LogP contribution in [0.1, 0.15) is 66.5 Å². The number of hydrogen-bond donors (Lipinski definition) is 1. The summed E-state index contributed by atoms with van der Waals surface area (Å²) in [5.74, 6) is 1.11. The van der Waals surface area contributed by atoms with Crippen LogP contribution in [0.25, 0.3) is 0 Å². The van der Waals surface area contributed by atoms with Crippen molar-refractivity contribution in [3.63, 3.8) is 0 Å². The molecule has 1 heterocycles. The monoisotopic (exact) mass is 291 g/mol. The minimum atomic E-state index is 0.122. The number of unbranched alkanes of at least 4 members (excludes halogenated alkanes) is 2. The van der Waals surface area contributed by atoms with Crippen molar-refractivity contribution in [2.45, 2.75) is 78.9 Å². The topological polar surface area (TPSA) is 28.2 Å². The van der Waals surface area contributed by atoms with E-state index >= 15 is 0 Å². The van der Waals surface area contributed by atoms with Gasteiger partial charge in [0.1, 0.15) is 5.82 Å². The number of nitrogens with one attached hydrogen (secondary N) is 1. The van der Waals surface area contributed by atoms with Gasteiger partial charge in [-0.3, -0.25) is 0 Å². The van der Waals surface area contributed by atoms with Crippen LogP contribution in [-0.4, -0.2) is 23.1 Å². The van der Waals surface area contributed by atoms with E-state index in [1.165, 1.54) is 19.3 Å². The third-order valence-corrected chi connectivity index (χ3v) is 3.51. The molecule has 1 aromatic rings. The van der Waals surface area contributed by atoms with E-state index in [0.717, 1.165) is 24.6 Å². The van der Waals surface area contributed by atoms with Gasteiger partial charge < -0.3 is 10.2 Å². The first-order valence-electron chi connectivity index (χ1n) is 8.31. The number of anilines is 1. The molecule has 0 unspecified atom stereocenters. The second-order valence-corrected chi connectivity index (χ2v) is 7.08. The van der Waals surface area contributed by atoms with Crippen LogP contribution in [0.3, 0.4) is 0 Å². The summed E-state index contributed by atoms with van der Waals surface area (Å²) in [5, 5.41) is 3.50. The molecule has 21 heavy (non-hydrogen) atoms. The van der Waals surface area contributed by atoms with Gasteiger partial charge in [-0.15, -0.1) is 0 Å². The zero-order valence-electron chi connectivity index (χ0n) is 14.7. The van der Waals surface area contributed by atoms with Crippen molar-refractivity contribution < 1.29 is 0 Å². The minimum Gasteiger partial charge on any atom is -0.354 e. The standard InChI is InChI=1S/C18H33N3/c1-7-8-9-13-21(15(2)3)17-12-10-11-16(20-17)14-19-18(4,5)6/h10-12,15,19H,7-9,13-14H2,1-6H3. The number of pyridine rings is 1. The molecule has 0 aliphatic rings. The molecule has 0 spiro atoms. The number of aromatic nitrogens is 1. The first-order chi connectivity index (χ1) is 9.83. The fourth-order valence-corrected chi connectivity index (χ4v) is 2.25. The van der Waals surface area contributed by atoms with Gasteiger partial charge in [0, 0.05) is 24.7 Å². The van der Waals surface area contributed by atoms with E-state index in [4.69, 9.17) is 4.98 Å². The Hall–Kier alpha value is -1.09. The van der Waals surface area contributed by atoms with Gasteiger partial charge in [0.05, 0.1) is 5.69 Å². The second kappa shape index (κ2) is 8.38. The molecule has 1 rings (SSSR count). The lowest BCUT2D eigenvalue weighted by Crippen LogP contribution is -2.36.